The highest BCUT2D eigenvalue weighted by Crippen LogP contribution is 2.25. The molecule has 0 saturated carbocycles. The zero-order valence-electron chi connectivity index (χ0n) is 13.2. The fourth-order valence-corrected chi connectivity index (χ4v) is 2.89. The molecule has 3 nitrogen and oxygen atoms in total. The molecule has 1 heterocycles. The maximum atomic E-state index is 13.9. The zero-order chi connectivity index (χ0) is 17.3. The standard InChI is InChI=1S/C18H17F3N2O/c1-12-4-2-3-5-13(12)18(24)23-10-8-22(9-11-23)15-7-6-14(19)16(20)17(15)21/h2-7H,8-11H2,1H3. The van der Waals surface area contributed by atoms with Gasteiger partial charge in [0.1, 0.15) is 0 Å². The smallest absolute Gasteiger partial charge is 0.254 e. The molecule has 0 aromatic heterocycles. The average molecular weight is 334 g/mol. The second-order valence-corrected chi connectivity index (χ2v) is 5.79. The Morgan fingerprint density at radius 2 is 1.58 bits per heavy atom. The molecule has 0 spiro atoms. The molecule has 0 atom stereocenters. The zero-order valence-corrected chi connectivity index (χ0v) is 13.2. The lowest BCUT2D eigenvalue weighted by molar-refractivity contribution is 0.0746. The van der Waals surface area contributed by atoms with Crippen LogP contribution >= 0.6 is 0 Å². The summed E-state index contributed by atoms with van der Waals surface area (Å²) in [6.07, 6.45) is 0. The van der Waals surface area contributed by atoms with Crippen molar-refractivity contribution in [2.45, 2.75) is 6.92 Å². The number of amides is 1. The van der Waals surface area contributed by atoms with Gasteiger partial charge in [-0.2, -0.15) is 0 Å². The van der Waals surface area contributed by atoms with Crippen molar-refractivity contribution in [1.29, 1.82) is 0 Å². The van der Waals surface area contributed by atoms with E-state index in [4.69, 9.17) is 0 Å². The first-order valence-electron chi connectivity index (χ1n) is 7.72. The number of carbonyl (C=O) groups is 1. The number of nitrogens with zero attached hydrogens (tertiary/aromatic N) is 2. The van der Waals surface area contributed by atoms with E-state index in [2.05, 4.69) is 0 Å². The van der Waals surface area contributed by atoms with E-state index in [1.165, 1.54) is 6.07 Å². The summed E-state index contributed by atoms with van der Waals surface area (Å²) < 4.78 is 40.3. The van der Waals surface area contributed by atoms with Crippen LogP contribution in [0.25, 0.3) is 0 Å². The van der Waals surface area contributed by atoms with Gasteiger partial charge in [-0.15, -0.1) is 0 Å². The Kier molecular flexibility index (Phi) is 4.46. The summed E-state index contributed by atoms with van der Waals surface area (Å²) >= 11 is 0. The number of halogens is 3. The van der Waals surface area contributed by atoms with Gasteiger partial charge in [0.05, 0.1) is 5.69 Å². The molecule has 0 radical (unpaired) electrons. The van der Waals surface area contributed by atoms with Gasteiger partial charge >= 0.3 is 0 Å². The lowest BCUT2D eigenvalue weighted by Gasteiger charge is -2.36. The molecule has 0 N–H and O–H groups in total. The van der Waals surface area contributed by atoms with Crippen molar-refractivity contribution in [2.24, 2.45) is 0 Å². The van der Waals surface area contributed by atoms with Gasteiger partial charge in [0.2, 0.25) is 0 Å². The van der Waals surface area contributed by atoms with Crippen LogP contribution in [0.2, 0.25) is 0 Å². The van der Waals surface area contributed by atoms with E-state index >= 15 is 0 Å². The maximum absolute atomic E-state index is 13.9. The van der Waals surface area contributed by atoms with Gasteiger partial charge in [-0.25, -0.2) is 13.2 Å². The summed E-state index contributed by atoms with van der Waals surface area (Å²) in [6, 6.07) is 9.48. The van der Waals surface area contributed by atoms with E-state index in [-0.39, 0.29) is 11.6 Å². The van der Waals surface area contributed by atoms with Crippen molar-refractivity contribution in [2.75, 3.05) is 31.1 Å². The van der Waals surface area contributed by atoms with Gasteiger partial charge in [-0.3, -0.25) is 4.79 Å². The molecule has 6 heteroatoms. The van der Waals surface area contributed by atoms with E-state index in [1.54, 1.807) is 15.9 Å². The minimum atomic E-state index is -1.47. The van der Waals surface area contributed by atoms with Crippen LogP contribution in [0.15, 0.2) is 36.4 Å². The molecule has 2 aromatic rings. The Hall–Kier alpha value is -2.50. The van der Waals surface area contributed by atoms with Crippen LogP contribution in [0, 0.1) is 24.4 Å². The van der Waals surface area contributed by atoms with Crippen molar-refractivity contribution >= 4 is 11.6 Å². The van der Waals surface area contributed by atoms with Crippen LogP contribution in [0.1, 0.15) is 15.9 Å². The topological polar surface area (TPSA) is 23.6 Å². The first-order chi connectivity index (χ1) is 11.5. The van der Waals surface area contributed by atoms with Crippen LogP contribution in [0.5, 0.6) is 0 Å². The summed E-state index contributed by atoms with van der Waals surface area (Å²) in [5.74, 6) is -3.93. The monoisotopic (exact) mass is 334 g/mol. The third-order valence-electron chi connectivity index (χ3n) is 4.30. The first kappa shape index (κ1) is 16.4. The second kappa shape index (κ2) is 6.55. The van der Waals surface area contributed by atoms with E-state index in [0.717, 1.165) is 11.6 Å². The number of anilines is 1. The van der Waals surface area contributed by atoms with E-state index in [9.17, 15) is 18.0 Å². The highest BCUT2D eigenvalue weighted by molar-refractivity contribution is 5.95. The van der Waals surface area contributed by atoms with Gasteiger partial charge in [-0.05, 0) is 30.7 Å². The number of carbonyl (C=O) groups excluding carboxylic acids is 1. The van der Waals surface area contributed by atoms with Gasteiger partial charge < -0.3 is 9.80 Å². The quantitative estimate of drug-likeness (QED) is 0.786. The number of rotatable bonds is 2. The van der Waals surface area contributed by atoms with E-state index < -0.39 is 17.5 Å². The molecule has 0 bridgehead atoms. The van der Waals surface area contributed by atoms with Gasteiger partial charge in [-0.1, -0.05) is 18.2 Å². The van der Waals surface area contributed by atoms with Crippen molar-refractivity contribution in [1.82, 2.24) is 4.90 Å². The van der Waals surface area contributed by atoms with Crippen molar-refractivity contribution in [3.8, 4) is 0 Å². The average Bonchev–Trinajstić information content (AvgIpc) is 2.60. The Morgan fingerprint density at radius 1 is 0.917 bits per heavy atom. The Labute approximate surface area is 138 Å². The third-order valence-corrected chi connectivity index (χ3v) is 4.30. The number of piperazine rings is 1. The second-order valence-electron chi connectivity index (χ2n) is 5.79. The fraction of sp³-hybridized carbons (Fsp3) is 0.278. The summed E-state index contributed by atoms with van der Waals surface area (Å²) in [4.78, 5) is 15.9. The van der Waals surface area contributed by atoms with E-state index in [0.29, 0.717) is 31.7 Å². The lowest BCUT2D eigenvalue weighted by Crippen LogP contribution is -2.49. The summed E-state index contributed by atoms with van der Waals surface area (Å²) in [5.41, 5.74) is 1.57. The summed E-state index contributed by atoms with van der Waals surface area (Å²) in [6.45, 7) is 3.39. The van der Waals surface area contributed by atoms with Crippen molar-refractivity contribution < 1.29 is 18.0 Å². The molecule has 24 heavy (non-hydrogen) atoms. The molecule has 126 valence electrons. The minimum Gasteiger partial charge on any atom is -0.366 e. The Morgan fingerprint density at radius 3 is 2.25 bits per heavy atom. The van der Waals surface area contributed by atoms with Gasteiger partial charge in [0.15, 0.2) is 17.5 Å². The molecular weight excluding hydrogens is 317 g/mol. The molecule has 1 aliphatic heterocycles. The maximum Gasteiger partial charge on any atom is 0.254 e. The number of hydrogen-bond donors (Lipinski definition) is 0. The lowest BCUT2D eigenvalue weighted by atomic mass is 10.1. The van der Waals surface area contributed by atoms with Crippen LogP contribution in [0.4, 0.5) is 18.9 Å². The van der Waals surface area contributed by atoms with Crippen molar-refractivity contribution in [3.05, 3.63) is 65.0 Å². The van der Waals surface area contributed by atoms with Crippen LogP contribution in [-0.4, -0.2) is 37.0 Å². The SMILES string of the molecule is Cc1ccccc1C(=O)N1CCN(c2ccc(F)c(F)c2F)CC1. The van der Waals surface area contributed by atoms with E-state index in [1.807, 2.05) is 25.1 Å². The number of hydrogen-bond acceptors (Lipinski definition) is 2. The normalized spacial score (nSPS) is 14.8. The van der Waals surface area contributed by atoms with Crippen LogP contribution in [0.3, 0.4) is 0 Å². The molecule has 1 saturated heterocycles. The highest BCUT2D eigenvalue weighted by atomic mass is 19.2. The van der Waals surface area contributed by atoms with Crippen molar-refractivity contribution in [3.63, 3.8) is 0 Å². The summed E-state index contributed by atoms with van der Waals surface area (Å²) in [5, 5.41) is 0. The first-order valence-corrected chi connectivity index (χ1v) is 7.72. The van der Waals surface area contributed by atoms with Gasteiger partial charge in [0.25, 0.3) is 5.91 Å². The van der Waals surface area contributed by atoms with Crippen LogP contribution < -0.4 is 4.90 Å². The predicted octanol–water partition coefficient (Wildman–Crippen LogP) is 3.37. The minimum absolute atomic E-state index is 0.0249. The number of aryl methyl sites for hydroxylation is 1. The Balaban J connectivity index is 1.71. The molecular formula is C18H17F3N2O. The largest absolute Gasteiger partial charge is 0.366 e. The molecule has 0 aliphatic carbocycles. The molecule has 1 fully saturated rings. The summed E-state index contributed by atoms with van der Waals surface area (Å²) in [7, 11) is 0. The Bertz CT molecular complexity index is 771. The fourth-order valence-electron chi connectivity index (χ4n) is 2.89. The number of benzene rings is 2. The molecule has 1 aliphatic rings. The van der Waals surface area contributed by atoms with Gasteiger partial charge in [0, 0.05) is 31.7 Å². The third kappa shape index (κ3) is 2.96. The molecule has 3 rings (SSSR count). The highest BCUT2D eigenvalue weighted by Gasteiger charge is 2.25. The predicted molar refractivity (Wildman–Crippen MR) is 85.6 cm³/mol. The molecule has 2 aromatic carbocycles. The molecule has 0 unspecified atom stereocenters. The van der Waals surface area contributed by atoms with Crippen LogP contribution in [-0.2, 0) is 0 Å². The molecule has 1 amide bonds.